The first-order chi connectivity index (χ1) is 9.11. The average Bonchev–Trinajstić information content (AvgIpc) is 2.43. The summed E-state index contributed by atoms with van der Waals surface area (Å²) in [6.45, 7) is 1.34. The van der Waals surface area contributed by atoms with E-state index in [0.717, 1.165) is 31.4 Å². The van der Waals surface area contributed by atoms with Gasteiger partial charge in [-0.1, -0.05) is 29.3 Å². The Balaban J connectivity index is 2.05. The van der Waals surface area contributed by atoms with Crippen molar-refractivity contribution in [3.63, 3.8) is 0 Å². The van der Waals surface area contributed by atoms with Gasteiger partial charge in [-0.3, -0.25) is 4.79 Å². The van der Waals surface area contributed by atoms with Crippen LogP contribution in [0.5, 0.6) is 0 Å². The minimum absolute atomic E-state index is 0.119. The summed E-state index contributed by atoms with van der Waals surface area (Å²) in [6.07, 6.45) is 3.57. The largest absolute Gasteiger partial charge is 0.338 e. The van der Waals surface area contributed by atoms with Crippen LogP contribution in [0.1, 0.15) is 24.8 Å². The third-order valence-electron chi connectivity index (χ3n) is 3.56. The Morgan fingerprint density at radius 2 is 2.11 bits per heavy atom. The zero-order valence-electron chi connectivity index (χ0n) is 10.7. The second-order valence-corrected chi connectivity index (χ2v) is 5.71. The number of benzene rings is 1. The Hall–Kier alpha value is -0.770. The number of likely N-dealkylation sites (tertiary alicyclic amines) is 1. The third-order valence-corrected chi connectivity index (χ3v) is 4.30. The highest BCUT2D eigenvalue weighted by molar-refractivity contribution is 6.42. The summed E-state index contributed by atoms with van der Waals surface area (Å²) >= 11 is 11.8. The molecule has 1 amide bonds. The number of piperidine rings is 1. The van der Waals surface area contributed by atoms with Gasteiger partial charge in [0.15, 0.2) is 0 Å². The highest BCUT2D eigenvalue weighted by Gasteiger charge is 2.25. The number of carbonyl (C=O) groups excluding carboxylic acids is 1. The molecule has 1 aliphatic heterocycles. The van der Waals surface area contributed by atoms with Crippen LogP contribution in [0.25, 0.3) is 0 Å². The summed E-state index contributed by atoms with van der Waals surface area (Å²) in [4.78, 5) is 14.2. The zero-order chi connectivity index (χ0) is 13.8. The lowest BCUT2D eigenvalue weighted by atomic mass is 10.0. The van der Waals surface area contributed by atoms with Crippen molar-refractivity contribution in [1.29, 1.82) is 0 Å². The molecule has 2 rings (SSSR count). The first-order valence-electron chi connectivity index (χ1n) is 6.55. The molecule has 0 radical (unpaired) electrons. The van der Waals surface area contributed by atoms with E-state index in [-0.39, 0.29) is 11.9 Å². The fraction of sp³-hybridized carbons (Fsp3) is 0.500. The smallest absolute Gasteiger partial charge is 0.227 e. The van der Waals surface area contributed by atoms with Crippen LogP contribution in [0.3, 0.4) is 0 Å². The lowest BCUT2D eigenvalue weighted by molar-refractivity contribution is -0.133. The SMILES string of the molecule is NCC1CCCCN1C(=O)Cc1ccc(Cl)c(Cl)c1. The molecule has 0 aliphatic carbocycles. The second-order valence-electron chi connectivity index (χ2n) is 4.90. The molecule has 0 bridgehead atoms. The van der Waals surface area contributed by atoms with Crippen molar-refractivity contribution in [2.24, 2.45) is 5.73 Å². The topological polar surface area (TPSA) is 46.3 Å². The van der Waals surface area contributed by atoms with Gasteiger partial charge < -0.3 is 10.6 Å². The fourth-order valence-corrected chi connectivity index (χ4v) is 2.82. The molecular weight excluding hydrogens is 283 g/mol. The molecule has 3 nitrogen and oxygen atoms in total. The number of nitrogens with two attached hydrogens (primary N) is 1. The van der Waals surface area contributed by atoms with Gasteiger partial charge in [-0.25, -0.2) is 0 Å². The molecule has 1 fully saturated rings. The van der Waals surface area contributed by atoms with Crippen LogP contribution in [-0.4, -0.2) is 29.9 Å². The first-order valence-corrected chi connectivity index (χ1v) is 7.31. The van der Waals surface area contributed by atoms with Gasteiger partial charge in [0.1, 0.15) is 0 Å². The van der Waals surface area contributed by atoms with Gasteiger partial charge in [0.05, 0.1) is 16.5 Å². The Morgan fingerprint density at radius 3 is 2.79 bits per heavy atom. The number of rotatable bonds is 3. The Kier molecular flexibility index (Phi) is 5.08. The molecule has 5 heteroatoms. The maximum atomic E-state index is 12.3. The lowest BCUT2D eigenvalue weighted by Gasteiger charge is -2.35. The van der Waals surface area contributed by atoms with Gasteiger partial charge >= 0.3 is 0 Å². The average molecular weight is 301 g/mol. The van der Waals surface area contributed by atoms with Gasteiger partial charge in [0.25, 0.3) is 0 Å². The summed E-state index contributed by atoms with van der Waals surface area (Å²) in [5.74, 6) is 0.119. The Labute approximate surface area is 123 Å². The van der Waals surface area contributed by atoms with E-state index < -0.39 is 0 Å². The van der Waals surface area contributed by atoms with E-state index in [4.69, 9.17) is 28.9 Å². The van der Waals surface area contributed by atoms with Crippen LogP contribution in [0.4, 0.5) is 0 Å². The molecule has 1 aliphatic rings. The predicted molar refractivity (Wildman–Crippen MR) is 78.6 cm³/mol. The molecular formula is C14H18Cl2N2O. The maximum absolute atomic E-state index is 12.3. The summed E-state index contributed by atoms with van der Waals surface area (Å²) in [5.41, 5.74) is 6.63. The molecule has 1 heterocycles. The standard InChI is InChI=1S/C14H18Cl2N2O/c15-12-5-4-10(7-13(12)16)8-14(19)18-6-2-1-3-11(18)9-17/h4-5,7,11H,1-3,6,8-9,17H2. The van der Waals surface area contributed by atoms with Crippen molar-refractivity contribution in [3.05, 3.63) is 33.8 Å². The van der Waals surface area contributed by atoms with Crippen molar-refractivity contribution in [2.45, 2.75) is 31.7 Å². The monoisotopic (exact) mass is 300 g/mol. The highest BCUT2D eigenvalue weighted by Crippen LogP contribution is 2.24. The molecule has 1 atom stereocenters. The van der Waals surface area contributed by atoms with E-state index >= 15 is 0 Å². The normalized spacial score (nSPS) is 19.5. The lowest BCUT2D eigenvalue weighted by Crippen LogP contribution is -2.48. The molecule has 104 valence electrons. The van der Waals surface area contributed by atoms with Crippen molar-refractivity contribution in [2.75, 3.05) is 13.1 Å². The Morgan fingerprint density at radius 1 is 1.32 bits per heavy atom. The predicted octanol–water partition coefficient (Wildman–Crippen LogP) is 2.88. The van der Waals surface area contributed by atoms with E-state index in [1.807, 2.05) is 11.0 Å². The maximum Gasteiger partial charge on any atom is 0.227 e. The number of nitrogens with zero attached hydrogens (tertiary/aromatic N) is 1. The van der Waals surface area contributed by atoms with Gasteiger partial charge in [-0.2, -0.15) is 0 Å². The van der Waals surface area contributed by atoms with Crippen LogP contribution in [0.2, 0.25) is 10.0 Å². The van der Waals surface area contributed by atoms with E-state index in [1.54, 1.807) is 12.1 Å². The number of halogens is 2. The number of hydrogen-bond donors (Lipinski definition) is 1. The number of hydrogen-bond acceptors (Lipinski definition) is 2. The van der Waals surface area contributed by atoms with Gasteiger partial charge in [0, 0.05) is 19.1 Å². The number of carbonyl (C=O) groups is 1. The summed E-state index contributed by atoms with van der Waals surface area (Å²) in [6, 6.07) is 5.50. The molecule has 1 unspecified atom stereocenters. The first kappa shape index (κ1) is 14.6. The molecule has 2 N–H and O–H groups in total. The summed E-state index contributed by atoms with van der Waals surface area (Å²) in [7, 11) is 0. The fourth-order valence-electron chi connectivity index (χ4n) is 2.50. The molecule has 1 aromatic rings. The third kappa shape index (κ3) is 3.62. The molecule has 1 saturated heterocycles. The van der Waals surface area contributed by atoms with Gasteiger partial charge in [-0.05, 0) is 37.0 Å². The molecule has 0 saturated carbocycles. The molecule has 19 heavy (non-hydrogen) atoms. The number of amides is 1. The van der Waals surface area contributed by atoms with Crippen LogP contribution >= 0.6 is 23.2 Å². The second kappa shape index (κ2) is 6.60. The van der Waals surface area contributed by atoms with Crippen molar-refractivity contribution < 1.29 is 4.79 Å². The zero-order valence-corrected chi connectivity index (χ0v) is 12.3. The quantitative estimate of drug-likeness (QED) is 0.933. The molecule has 1 aromatic carbocycles. The van der Waals surface area contributed by atoms with Crippen LogP contribution in [-0.2, 0) is 11.2 Å². The van der Waals surface area contributed by atoms with Crippen molar-refractivity contribution >= 4 is 29.1 Å². The summed E-state index contributed by atoms with van der Waals surface area (Å²) < 4.78 is 0. The van der Waals surface area contributed by atoms with Crippen molar-refractivity contribution in [1.82, 2.24) is 4.90 Å². The molecule has 0 aromatic heterocycles. The van der Waals surface area contributed by atoms with E-state index in [2.05, 4.69) is 0 Å². The van der Waals surface area contributed by atoms with E-state index in [9.17, 15) is 4.79 Å². The Bertz CT molecular complexity index is 465. The van der Waals surface area contributed by atoms with Crippen LogP contribution in [0, 0.1) is 0 Å². The van der Waals surface area contributed by atoms with E-state index in [0.29, 0.717) is 23.0 Å². The molecule has 0 spiro atoms. The minimum Gasteiger partial charge on any atom is -0.338 e. The minimum atomic E-state index is 0.119. The van der Waals surface area contributed by atoms with E-state index in [1.165, 1.54) is 0 Å². The van der Waals surface area contributed by atoms with Gasteiger partial charge in [0.2, 0.25) is 5.91 Å². The van der Waals surface area contributed by atoms with Crippen LogP contribution in [0.15, 0.2) is 18.2 Å². The van der Waals surface area contributed by atoms with Crippen LogP contribution < -0.4 is 5.73 Å². The van der Waals surface area contributed by atoms with Gasteiger partial charge in [-0.15, -0.1) is 0 Å². The summed E-state index contributed by atoms with van der Waals surface area (Å²) in [5, 5.41) is 0.997. The van der Waals surface area contributed by atoms with Crippen molar-refractivity contribution in [3.8, 4) is 0 Å². The highest BCUT2D eigenvalue weighted by atomic mass is 35.5.